The number of benzene rings is 1. The molecule has 6 heteroatoms. The molecule has 114 valence electrons. The van der Waals surface area contributed by atoms with E-state index < -0.39 is 12.6 Å². The smallest absolute Gasteiger partial charge is 0.390 e. The summed E-state index contributed by atoms with van der Waals surface area (Å²) in [6, 6.07) is 9.27. The molecule has 0 spiro atoms. The molecule has 0 bridgehead atoms. The number of rotatable bonds is 6. The van der Waals surface area contributed by atoms with Crippen molar-refractivity contribution in [3.63, 3.8) is 0 Å². The van der Waals surface area contributed by atoms with Crippen LogP contribution in [0.2, 0.25) is 0 Å². The molecule has 0 fully saturated rings. The maximum atomic E-state index is 12.0. The molecule has 0 aliphatic heterocycles. The number of alkyl halides is 3. The molecule has 0 amide bonds. The van der Waals surface area contributed by atoms with Gasteiger partial charge >= 0.3 is 6.18 Å². The number of halogens is 3. The third-order valence-corrected chi connectivity index (χ3v) is 2.92. The molecule has 0 aliphatic rings. The third kappa shape index (κ3) is 4.90. The van der Waals surface area contributed by atoms with E-state index in [9.17, 15) is 13.2 Å². The molecular formula is C15H17F3N2O. The van der Waals surface area contributed by atoms with E-state index in [1.165, 1.54) is 0 Å². The van der Waals surface area contributed by atoms with Crippen LogP contribution < -0.4 is 10.1 Å². The largest absolute Gasteiger partial charge is 0.494 e. The number of hydrogen-bond acceptors (Lipinski definition) is 3. The first-order chi connectivity index (χ1) is 9.98. The number of nitrogens with zero attached hydrogens (tertiary/aromatic N) is 1. The zero-order valence-corrected chi connectivity index (χ0v) is 11.7. The lowest BCUT2D eigenvalue weighted by Crippen LogP contribution is -2.21. The summed E-state index contributed by atoms with van der Waals surface area (Å²) in [5.74, 6) is 0.780. The molecule has 21 heavy (non-hydrogen) atoms. The van der Waals surface area contributed by atoms with Crippen LogP contribution in [0.5, 0.6) is 5.75 Å². The Kier molecular flexibility index (Phi) is 5.01. The van der Waals surface area contributed by atoms with E-state index in [4.69, 9.17) is 4.74 Å². The van der Waals surface area contributed by atoms with Crippen molar-refractivity contribution in [1.29, 1.82) is 0 Å². The Morgan fingerprint density at radius 2 is 2.00 bits per heavy atom. The molecule has 0 unspecified atom stereocenters. The maximum Gasteiger partial charge on any atom is 0.390 e. The van der Waals surface area contributed by atoms with Gasteiger partial charge in [0.2, 0.25) is 0 Å². The Bertz CT molecular complexity index is 599. The number of pyridine rings is 1. The fourth-order valence-electron chi connectivity index (χ4n) is 1.95. The average Bonchev–Trinajstić information content (AvgIpc) is 2.43. The lowest BCUT2D eigenvalue weighted by Gasteiger charge is -2.08. The quantitative estimate of drug-likeness (QED) is 0.826. The molecule has 0 aliphatic carbocycles. The minimum Gasteiger partial charge on any atom is -0.494 e. The summed E-state index contributed by atoms with van der Waals surface area (Å²) in [6.45, 7) is 2.73. The van der Waals surface area contributed by atoms with E-state index in [-0.39, 0.29) is 6.54 Å². The Hall–Kier alpha value is -1.82. The molecule has 1 aromatic heterocycles. The van der Waals surface area contributed by atoms with Crippen LogP contribution in [-0.2, 0) is 6.54 Å². The highest BCUT2D eigenvalue weighted by atomic mass is 19.4. The molecule has 3 nitrogen and oxygen atoms in total. The fraction of sp³-hybridized carbons (Fsp3) is 0.400. The second-order valence-electron chi connectivity index (χ2n) is 4.63. The lowest BCUT2D eigenvalue weighted by molar-refractivity contribution is -0.133. The van der Waals surface area contributed by atoms with Crippen LogP contribution in [0.3, 0.4) is 0 Å². The molecule has 2 aromatic rings. The van der Waals surface area contributed by atoms with Gasteiger partial charge in [-0.2, -0.15) is 13.2 Å². The first-order valence-corrected chi connectivity index (χ1v) is 6.78. The third-order valence-electron chi connectivity index (χ3n) is 2.92. The van der Waals surface area contributed by atoms with Gasteiger partial charge in [-0.05, 0) is 31.2 Å². The number of fused-ring (bicyclic) bond motifs is 1. The zero-order valence-electron chi connectivity index (χ0n) is 11.7. The van der Waals surface area contributed by atoms with Gasteiger partial charge in [-0.25, -0.2) is 0 Å². The zero-order chi connectivity index (χ0) is 15.3. The molecule has 0 radical (unpaired) electrons. The molecule has 0 saturated carbocycles. The summed E-state index contributed by atoms with van der Waals surface area (Å²) in [6.07, 6.45) is -4.96. The minimum absolute atomic E-state index is 0.105. The van der Waals surface area contributed by atoms with Crippen molar-refractivity contribution in [1.82, 2.24) is 10.3 Å². The maximum absolute atomic E-state index is 12.0. The second kappa shape index (κ2) is 6.76. The van der Waals surface area contributed by atoms with Crippen LogP contribution in [0, 0.1) is 0 Å². The Labute approximate surface area is 121 Å². The number of nitrogens with one attached hydrogen (secondary N) is 1. The van der Waals surface area contributed by atoms with Crippen LogP contribution in [0.1, 0.15) is 19.0 Å². The summed E-state index contributed by atoms with van der Waals surface area (Å²) < 4.78 is 41.5. The summed E-state index contributed by atoms with van der Waals surface area (Å²) in [5, 5.41) is 3.69. The van der Waals surface area contributed by atoms with E-state index in [2.05, 4.69) is 10.3 Å². The summed E-state index contributed by atoms with van der Waals surface area (Å²) >= 11 is 0. The van der Waals surface area contributed by atoms with E-state index in [0.717, 1.165) is 16.7 Å². The highest BCUT2D eigenvalue weighted by Crippen LogP contribution is 2.20. The molecule has 0 saturated heterocycles. The lowest BCUT2D eigenvalue weighted by atomic mass is 10.2. The van der Waals surface area contributed by atoms with E-state index >= 15 is 0 Å². The van der Waals surface area contributed by atoms with Crippen molar-refractivity contribution in [2.75, 3.05) is 13.2 Å². The van der Waals surface area contributed by atoms with Crippen molar-refractivity contribution < 1.29 is 17.9 Å². The summed E-state index contributed by atoms with van der Waals surface area (Å²) in [7, 11) is 0. The number of aromatic nitrogens is 1. The van der Waals surface area contributed by atoms with Crippen LogP contribution in [0.25, 0.3) is 10.9 Å². The Balaban J connectivity index is 1.97. The topological polar surface area (TPSA) is 34.1 Å². The molecule has 1 N–H and O–H groups in total. The van der Waals surface area contributed by atoms with Crippen molar-refractivity contribution >= 4 is 10.9 Å². The Morgan fingerprint density at radius 1 is 1.19 bits per heavy atom. The molecule has 2 rings (SSSR count). The Morgan fingerprint density at radius 3 is 2.71 bits per heavy atom. The van der Waals surface area contributed by atoms with Gasteiger partial charge in [0, 0.05) is 18.5 Å². The van der Waals surface area contributed by atoms with Gasteiger partial charge in [-0.15, -0.1) is 0 Å². The van der Waals surface area contributed by atoms with Gasteiger partial charge in [0.25, 0.3) is 0 Å². The standard InChI is InChI=1S/C15H17F3N2O/c1-2-21-13-5-6-14-11(9-13)3-4-12(20-14)10-19-8-7-15(16,17)18/h3-6,9,19H,2,7-8,10H2,1H3. The van der Waals surface area contributed by atoms with Crippen LogP contribution in [0.4, 0.5) is 13.2 Å². The number of ether oxygens (including phenoxy) is 1. The summed E-state index contributed by atoms with van der Waals surface area (Å²) in [4.78, 5) is 4.41. The molecule has 1 heterocycles. The van der Waals surface area contributed by atoms with E-state index in [1.54, 1.807) is 6.07 Å². The monoisotopic (exact) mass is 298 g/mol. The van der Waals surface area contributed by atoms with Gasteiger partial charge in [0.05, 0.1) is 24.2 Å². The van der Waals surface area contributed by atoms with Crippen LogP contribution in [0.15, 0.2) is 30.3 Å². The van der Waals surface area contributed by atoms with Crippen molar-refractivity contribution in [3.8, 4) is 5.75 Å². The molecule has 0 atom stereocenters. The highest BCUT2D eigenvalue weighted by molar-refractivity contribution is 5.80. The minimum atomic E-state index is -4.13. The van der Waals surface area contributed by atoms with Crippen molar-refractivity contribution in [2.24, 2.45) is 0 Å². The van der Waals surface area contributed by atoms with Gasteiger partial charge in [-0.1, -0.05) is 6.07 Å². The predicted octanol–water partition coefficient (Wildman–Crippen LogP) is 3.68. The van der Waals surface area contributed by atoms with Gasteiger partial charge in [-0.3, -0.25) is 4.98 Å². The van der Waals surface area contributed by atoms with Gasteiger partial charge in [0.15, 0.2) is 0 Å². The SMILES string of the molecule is CCOc1ccc2nc(CNCCC(F)(F)F)ccc2c1. The highest BCUT2D eigenvalue weighted by Gasteiger charge is 2.25. The van der Waals surface area contributed by atoms with Gasteiger partial charge in [0.1, 0.15) is 5.75 Å². The van der Waals surface area contributed by atoms with Crippen molar-refractivity contribution in [2.45, 2.75) is 26.1 Å². The van der Waals surface area contributed by atoms with E-state index in [1.807, 2.05) is 31.2 Å². The normalized spacial score (nSPS) is 11.8. The molecular weight excluding hydrogens is 281 g/mol. The fourth-order valence-corrected chi connectivity index (χ4v) is 1.95. The first kappa shape index (κ1) is 15.6. The van der Waals surface area contributed by atoms with Crippen LogP contribution in [-0.4, -0.2) is 24.3 Å². The average molecular weight is 298 g/mol. The van der Waals surface area contributed by atoms with E-state index in [0.29, 0.717) is 18.8 Å². The summed E-state index contributed by atoms with van der Waals surface area (Å²) in [5.41, 5.74) is 1.52. The predicted molar refractivity (Wildman–Crippen MR) is 75.3 cm³/mol. The molecule has 1 aromatic carbocycles. The van der Waals surface area contributed by atoms with Crippen LogP contribution >= 0.6 is 0 Å². The first-order valence-electron chi connectivity index (χ1n) is 6.78. The van der Waals surface area contributed by atoms with Gasteiger partial charge < -0.3 is 10.1 Å². The van der Waals surface area contributed by atoms with Crippen molar-refractivity contribution in [3.05, 3.63) is 36.0 Å². The second-order valence-corrected chi connectivity index (χ2v) is 4.63. The number of hydrogen-bond donors (Lipinski definition) is 1.